The van der Waals surface area contributed by atoms with Crippen LogP contribution in [0.2, 0.25) is 0 Å². The summed E-state index contributed by atoms with van der Waals surface area (Å²) in [5.74, 6) is 3.48. The highest BCUT2D eigenvalue weighted by atomic mass is 16.6. The van der Waals surface area contributed by atoms with E-state index in [1.165, 1.54) is 6.33 Å². The van der Waals surface area contributed by atoms with E-state index in [1.54, 1.807) is 0 Å². The highest BCUT2D eigenvalue weighted by Gasteiger charge is 2.43. The Hall–Kier alpha value is -5.46. The van der Waals surface area contributed by atoms with Crippen molar-refractivity contribution in [1.29, 1.82) is 0 Å². The van der Waals surface area contributed by atoms with E-state index in [9.17, 15) is 4.79 Å². The number of rotatable bonds is 6. The first-order valence-electron chi connectivity index (χ1n) is 17.3. The Balaban J connectivity index is 0.908. The van der Waals surface area contributed by atoms with Crippen molar-refractivity contribution in [1.82, 2.24) is 34.6 Å². The normalized spacial score (nSPS) is 19.6. The number of carbonyl (C=O) groups is 1. The Morgan fingerprint density at radius 2 is 1.48 bits per heavy atom. The molecule has 3 saturated heterocycles. The molecule has 2 N–H and O–H groups in total. The van der Waals surface area contributed by atoms with Crippen LogP contribution in [0.1, 0.15) is 39.7 Å². The molecule has 13 heteroatoms. The average molecular weight is 675 g/mol. The molecule has 3 aliphatic rings. The van der Waals surface area contributed by atoms with Crippen molar-refractivity contribution in [3.8, 4) is 22.8 Å². The maximum Gasteiger partial charge on any atom is 0.410 e. The van der Waals surface area contributed by atoms with Gasteiger partial charge in [-0.15, -0.1) is 0 Å². The minimum absolute atomic E-state index is 0.155. The molecule has 1 amide bonds. The highest BCUT2D eigenvalue weighted by Crippen LogP contribution is 2.37. The number of ether oxygens (including phenoxy) is 2. The predicted octanol–water partition coefficient (Wildman–Crippen LogP) is 5.80. The minimum Gasteiger partial charge on any atom is -0.457 e. The molecule has 8 rings (SSSR count). The Bertz CT molecular complexity index is 1960. The molecule has 13 nitrogen and oxygen atoms in total. The van der Waals surface area contributed by atoms with Crippen molar-refractivity contribution in [3.05, 3.63) is 73.3 Å². The lowest BCUT2D eigenvalue weighted by molar-refractivity contribution is 0.0282. The molecule has 50 heavy (non-hydrogen) atoms. The van der Waals surface area contributed by atoms with Crippen LogP contribution in [-0.4, -0.2) is 85.6 Å². The number of para-hydroxylation sites is 1. The fourth-order valence-corrected chi connectivity index (χ4v) is 7.40. The van der Waals surface area contributed by atoms with Gasteiger partial charge in [0.15, 0.2) is 5.65 Å². The molecule has 258 valence electrons. The van der Waals surface area contributed by atoms with E-state index in [0.717, 1.165) is 84.4 Å². The van der Waals surface area contributed by atoms with Crippen LogP contribution in [0.3, 0.4) is 0 Å². The van der Waals surface area contributed by atoms with Gasteiger partial charge in [-0.1, -0.05) is 18.2 Å². The summed E-state index contributed by atoms with van der Waals surface area (Å²) in [7, 11) is 0. The second-order valence-electron chi connectivity index (χ2n) is 14.5. The molecule has 0 aliphatic carbocycles. The fraction of sp³-hybridized carbons (Fsp3) is 0.405. The summed E-state index contributed by atoms with van der Waals surface area (Å²) in [6.45, 7) is 10.5. The van der Waals surface area contributed by atoms with E-state index in [4.69, 9.17) is 30.3 Å². The zero-order chi connectivity index (χ0) is 34.4. The van der Waals surface area contributed by atoms with Crippen LogP contribution >= 0.6 is 0 Å². The van der Waals surface area contributed by atoms with E-state index in [2.05, 4.69) is 19.8 Å². The Kier molecular flexibility index (Phi) is 8.12. The van der Waals surface area contributed by atoms with Crippen LogP contribution < -0.4 is 20.3 Å². The van der Waals surface area contributed by atoms with Gasteiger partial charge in [0, 0.05) is 56.7 Å². The van der Waals surface area contributed by atoms with Crippen LogP contribution in [0.15, 0.2) is 73.3 Å². The fourth-order valence-electron chi connectivity index (χ4n) is 7.40. The van der Waals surface area contributed by atoms with E-state index in [1.807, 2.05) is 97.3 Å². The third-order valence-electron chi connectivity index (χ3n) is 9.85. The van der Waals surface area contributed by atoms with Gasteiger partial charge in [-0.25, -0.2) is 29.4 Å². The van der Waals surface area contributed by atoms with Crippen LogP contribution in [0.5, 0.6) is 11.5 Å². The SMILES string of the molecule is CC(C)(C)OC(=O)N1CC2CN(c3ncc(N4CCC(n5nc(-c6ccc(Oc7ccccc7)cc6)c6c(N)ncnc65)CC4)cn3)CC2C1. The number of amides is 1. The Morgan fingerprint density at radius 1 is 0.820 bits per heavy atom. The van der Waals surface area contributed by atoms with Gasteiger partial charge < -0.3 is 29.9 Å². The lowest BCUT2D eigenvalue weighted by atomic mass is 10.0. The van der Waals surface area contributed by atoms with Gasteiger partial charge in [0.1, 0.15) is 34.9 Å². The number of hydrogen-bond acceptors (Lipinski definition) is 11. The molecule has 3 fully saturated rings. The first-order valence-corrected chi connectivity index (χ1v) is 17.3. The first kappa shape index (κ1) is 31.8. The largest absolute Gasteiger partial charge is 0.457 e. The smallest absolute Gasteiger partial charge is 0.410 e. The highest BCUT2D eigenvalue weighted by molar-refractivity contribution is 5.98. The quantitative estimate of drug-likeness (QED) is 0.234. The van der Waals surface area contributed by atoms with Gasteiger partial charge >= 0.3 is 6.09 Å². The van der Waals surface area contributed by atoms with Gasteiger partial charge in [-0.2, -0.15) is 5.10 Å². The van der Waals surface area contributed by atoms with E-state index in [0.29, 0.717) is 30.7 Å². The maximum atomic E-state index is 12.6. The first-order chi connectivity index (χ1) is 24.2. The summed E-state index contributed by atoms with van der Waals surface area (Å²) in [4.78, 5) is 37.5. The van der Waals surface area contributed by atoms with E-state index in [-0.39, 0.29) is 12.1 Å². The van der Waals surface area contributed by atoms with Gasteiger partial charge in [0.2, 0.25) is 5.95 Å². The number of likely N-dealkylation sites (tertiary alicyclic amines) is 1. The molecule has 0 radical (unpaired) electrons. The van der Waals surface area contributed by atoms with Crippen molar-refractivity contribution >= 4 is 34.6 Å². The molecular formula is C37H42N10O3. The average Bonchev–Trinajstić information content (AvgIpc) is 3.82. The Labute approximate surface area is 291 Å². The molecule has 0 spiro atoms. The molecule has 6 heterocycles. The molecule has 5 aromatic rings. The van der Waals surface area contributed by atoms with Crippen LogP contribution in [0.25, 0.3) is 22.3 Å². The number of nitrogens with two attached hydrogens (primary N) is 1. The number of piperidine rings is 1. The van der Waals surface area contributed by atoms with E-state index >= 15 is 0 Å². The van der Waals surface area contributed by atoms with Crippen molar-refractivity contribution < 1.29 is 14.3 Å². The molecule has 2 aromatic carbocycles. The summed E-state index contributed by atoms with van der Waals surface area (Å²) in [6, 6.07) is 17.7. The molecule has 2 unspecified atom stereocenters. The molecule has 0 bridgehead atoms. The van der Waals surface area contributed by atoms with Gasteiger partial charge in [-0.05, 0) is 70.0 Å². The topological polar surface area (TPSA) is 141 Å². The molecule has 3 aromatic heterocycles. The van der Waals surface area contributed by atoms with E-state index < -0.39 is 5.60 Å². The predicted molar refractivity (Wildman–Crippen MR) is 191 cm³/mol. The van der Waals surface area contributed by atoms with Gasteiger partial charge in [-0.3, -0.25) is 0 Å². The molecular weight excluding hydrogens is 632 g/mol. The number of aromatic nitrogens is 6. The number of fused-ring (bicyclic) bond motifs is 2. The zero-order valence-corrected chi connectivity index (χ0v) is 28.6. The van der Waals surface area contributed by atoms with Crippen molar-refractivity contribution in [2.75, 3.05) is 54.8 Å². The number of anilines is 3. The number of nitrogen functional groups attached to an aromatic ring is 1. The molecule has 2 atom stereocenters. The summed E-state index contributed by atoms with van der Waals surface area (Å²) < 4.78 is 13.6. The van der Waals surface area contributed by atoms with Crippen molar-refractivity contribution in [3.63, 3.8) is 0 Å². The second kappa shape index (κ2) is 12.8. The van der Waals surface area contributed by atoms with Crippen molar-refractivity contribution in [2.45, 2.75) is 45.3 Å². The monoisotopic (exact) mass is 674 g/mol. The lowest BCUT2D eigenvalue weighted by Gasteiger charge is -2.33. The number of hydrogen-bond donors (Lipinski definition) is 1. The van der Waals surface area contributed by atoms with Crippen LogP contribution in [0.4, 0.5) is 22.2 Å². The number of nitrogens with zero attached hydrogens (tertiary/aromatic N) is 9. The summed E-state index contributed by atoms with van der Waals surface area (Å²) in [6.07, 6.45) is 6.93. The molecule has 3 aliphatic heterocycles. The third-order valence-corrected chi connectivity index (χ3v) is 9.85. The summed E-state index contributed by atoms with van der Waals surface area (Å²) >= 11 is 0. The summed E-state index contributed by atoms with van der Waals surface area (Å²) in [5, 5.41) is 5.84. The minimum atomic E-state index is -0.487. The second-order valence-corrected chi connectivity index (χ2v) is 14.5. The lowest BCUT2D eigenvalue weighted by Crippen LogP contribution is -2.37. The van der Waals surface area contributed by atoms with Gasteiger partial charge in [0.25, 0.3) is 0 Å². The zero-order valence-electron chi connectivity index (χ0n) is 28.6. The summed E-state index contributed by atoms with van der Waals surface area (Å²) in [5.41, 5.74) is 9.37. The van der Waals surface area contributed by atoms with Gasteiger partial charge in [0.05, 0.1) is 29.5 Å². The number of carbonyl (C=O) groups excluding carboxylic acids is 1. The Morgan fingerprint density at radius 3 is 2.14 bits per heavy atom. The van der Waals surface area contributed by atoms with Crippen LogP contribution in [-0.2, 0) is 4.74 Å². The molecule has 0 saturated carbocycles. The standard InChI is InChI=1S/C37H42N10O3/c1-37(2,3)50-36(48)46-21-25-19-45(20-26(25)22-46)35-39-17-28(18-40-35)44-15-13-27(14-16-44)47-34-31(33(38)41-23-42-34)32(43-47)24-9-11-30(12-10-24)49-29-7-5-4-6-8-29/h4-12,17-18,23,25-27H,13-16,19-22H2,1-3H3,(H2,38,41,42). The third kappa shape index (κ3) is 6.35. The van der Waals surface area contributed by atoms with Crippen LogP contribution in [0, 0.1) is 11.8 Å². The number of benzene rings is 2. The van der Waals surface area contributed by atoms with Crippen molar-refractivity contribution in [2.24, 2.45) is 11.8 Å². The maximum absolute atomic E-state index is 12.6.